The van der Waals surface area contributed by atoms with Crippen LogP contribution in [-0.4, -0.2) is 29.7 Å². The molecule has 1 saturated heterocycles. The van der Waals surface area contributed by atoms with E-state index in [2.05, 4.69) is 24.3 Å². The first kappa shape index (κ1) is 11.6. The lowest BCUT2D eigenvalue weighted by molar-refractivity contribution is 0.00783. The van der Waals surface area contributed by atoms with Crippen molar-refractivity contribution >= 4 is 11.8 Å². The molecule has 2 heterocycles. The van der Waals surface area contributed by atoms with Gasteiger partial charge in [0.2, 0.25) is 0 Å². The number of thioether (sulfide) groups is 1. The largest absolute Gasteiger partial charge is 0.392 e. The summed E-state index contributed by atoms with van der Waals surface area (Å²) in [6.07, 6.45) is 2.85. The van der Waals surface area contributed by atoms with Crippen molar-refractivity contribution in [2.45, 2.75) is 35.5 Å². The van der Waals surface area contributed by atoms with Gasteiger partial charge in [-0.05, 0) is 36.8 Å². The molecule has 0 radical (unpaired) electrons. The molecule has 1 N–H and O–H groups in total. The topological polar surface area (TPSA) is 29.5 Å². The Bertz CT molecular complexity index is 363. The fourth-order valence-electron chi connectivity index (χ4n) is 2.76. The zero-order valence-electron chi connectivity index (χ0n) is 9.84. The van der Waals surface area contributed by atoms with Crippen LogP contribution in [0.4, 0.5) is 0 Å². The molecule has 17 heavy (non-hydrogen) atoms. The maximum atomic E-state index is 10.5. The van der Waals surface area contributed by atoms with Crippen LogP contribution in [-0.2, 0) is 11.2 Å². The van der Waals surface area contributed by atoms with Crippen molar-refractivity contribution < 1.29 is 9.84 Å². The second-order valence-corrected chi connectivity index (χ2v) is 6.19. The van der Waals surface area contributed by atoms with Gasteiger partial charge in [0.1, 0.15) is 0 Å². The standard InChI is InChI=1S/C14H18O2S/c15-14(10-5-7-16-8-6-10)13-9-11-3-1-2-4-12(11)17-13/h1-4,10,13-15H,5-9H2. The molecule has 2 aliphatic rings. The summed E-state index contributed by atoms with van der Waals surface area (Å²) in [5.74, 6) is 0.426. The monoisotopic (exact) mass is 250 g/mol. The van der Waals surface area contributed by atoms with E-state index in [1.54, 1.807) is 0 Å². The van der Waals surface area contributed by atoms with E-state index in [1.165, 1.54) is 10.5 Å². The van der Waals surface area contributed by atoms with Gasteiger partial charge >= 0.3 is 0 Å². The maximum absolute atomic E-state index is 10.5. The summed E-state index contributed by atoms with van der Waals surface area (Å²) in [4.78, 5) is 1.35. The van der Waals surface area contributed by atoms with Crippen LogP contribution in [0.25, 0.3) is 0 Å². The van der Waals surface area contributed by atoms with Crippen molar-refractivity contribution in [3.05, 3.63) is 29.8 Å². The Morgan fingerprint density at radius 1 is 1.24 bits per heavy atom. The van der Waals surface area contributed by atoms with Crippen molar-refractivity contribution in [3.63, 3.8) is 0 Å². The molecule has 3 heteroatoms. The molecule has 1 aromatic rings. The summed E-state index contributed by atoms with van der Waals surface area (Å²) in [6.45, 7) is 1.62. The lowest BCUT2D eigenvalue weighted by atomic mass is 9.90. The summed E-state index contributed by atoms with van der Waals surface area (Å²) < 4.78 is 5.36. The van der Waals surface area contributed by atoms with Gasteiger partial charge in [-0.3, -0.25) is 0 Å². The van der Waals surface area contributed by atoms with Crippen molar-refractivity contribution in [2.24, 2.45) is 5.92 Å². The van der Waals surface area contributed by atoms with Crippen LogP contribution in [0.2, 0.25) is 0 Å². The predicted molar refractivity (Wildman–Crippen MR) is 69.3 cm³/mol. The molecular weight excluding hydrogens is 232 g/mol. The highest BCUT2D eigenvalue weighted by Crippen LogP contribution is 2.40. The van der Waals surface area contributed by atoms with Gasteiger partial charge in [0.25, 0.3) is 0 Å². The van der Waals surface area contributed by atoms with Crippen molar-refractivity contribution in [2.75, 3.05) is 13.2 Å². The van der Waals surface area contributed by atoms with Crippen molar-refractivity contribution in [1.29, 1.82) is 0 Å². The van der Waals surface area contributed by atoms with E-state index in [4.69, 9.17) is 4.74 Å². The Hall–Kier alpha value is -0.510. The quantitative estimate of drug-likeness (QED) is 0.874. The van der Waals surface area contributed by atoms with E-state index in [-0.39, 0.29) is 6.10 Å². The molecule has 0 aliphatic carbocycles. The van der Waals surface area contributed by atoms with Gasteiger partial charge in [0, 0.05) is 23.4 Å². The fraction of sp³-hybridized carbons (Fsp3) is 0.571. The van der Waals surface area contributed by atoms with Crippen LogP contribution < -0.4 is 0 Å². The highest BCUT2D eigenvalue weighted by Gasteiger charge is 2.33. The average Bonchev–Trinajstić information content (AvgIpc) is 2.82. The highest BCUT2D eigenvalue weighted by atomic mass is 32.2. The first-order chi connectivity index (χ1) is 8.34. The number of fused-ring (bicyclic) bond motifs is 1. The number of ether oxygens (including phenoxy) is 1. The Labute approximate surface area is 106 Å². The number of aliphatic hydroxyl groups is 1. The second kappa shape index (κ2) is 5.01. The second-order valence-electron chi connectivity index (χ2n) is 4.91. The number of hydrogen-bond acceptors (Lipinski definition) is 3. The molecule has 2 nitrogen and oxygen atoms in total. The number of rotatable bonds is 2. The minimum atomic E-state index is -0.184. The molecule has 92 valence electrons. The molecule has 2 aliphatic heterocycles. The van der Waals surface area contributed by atoms with Crippen molar-refractivity contribution in [3.8, 4) is 0 Å². The zero-order valence-corrected chi connectivity index (χ0v) is 10.7. The summed E-state index contributed by atoms with van der Waals surface area (Å²) >= 11 is 1.85. The molecular formula is C14H18O2S. The molecule has 2 unspecified atom stereocenters. The normalized spacial score (nSPS) is 26.8. The summed E-state index contributed by atoms with van der Waals surface area (Å²) in [5.41, 5.74) is 1.40. The third-order valence-corrected chi connectivity index (χ3v) is 5.20. The van der Waals surface area contributed by atoms with Crippen LogP contribution in [0.5, 0.6) is 0 Å². The van der Waals surface area contributed by atoms with Crippen LogP contribution in [0.3, 0.4) is 0 Å². The SMILES string of the molecule is OC(C1CCOCC1)C1Cc2ccccc2S1. The molecule has 1 fully saturated rings. The summed E-state index contributed by atoms with van der Waals surface area (Å²) in [5, 5.41) is 10.8. The van der Waals surface area contributed by atoms with Gasteiger partial charge in [-0.2, -0.15) is 0 Å². The number of benzene rings is 1. The zero-order chi connectivity index (χ0) is 11.7. The van der Waals surface area contributed by atoms with E-state index in [0.717, 1.165) is 32.5 Å². The Morgan fingerprint density at radius 3 is 2.76 bits per heavy atom. The van der Waals surface area contributed by atoms with Gasteiger partial charge in [-0.15, -0.1) is 11.8 Å². The van der Waals surface area contributed by atoms with E-state index < -0.39 is 0 Å². The van der Waals surface area contributed by atoms with E-state index in [0.29, 0.717) is 11.2 Å². The van der Waals surface area contributed by atoms with Gasteiger partial charge < -0.3 is 9.84 Å². The summed E-state index contributed by atoms with van der Waals surface area (Å²) in [6, 6.07) is 8.51. The lowest BCUT2D eigenvalue weighted by Crippen LogP contribution is -2.34. The lowest BCUT2D eigenvalue weighted by Gasteiger charge is -2.29. The third-order valence-electron chi connectivity index (χ3n) is 3.80. The van der Waals surface area contributed by atoms with Gasteiger partial charge in [0.05, 0.1) is 6.10 Å². The van der Waals surface area contributed by atoms with Crippen LogP contribution in [0, 0.1) is 5.92 Å². The molecule has 0 bridgehead atoms. The third kappa shape index (κ3) is 2.37. The van der Waals surface area contributed by atoms with Gasteiger partial charge in [-0.1, -0.05) is 18.2 Å². The van der Waals surface area contributed by atoms with Crippen LogP contribution in [0.1, 0.15) is 18.4 Å². The summed E-state index contributed by atoms with van der Waals surface area (Å²) in [7, 11) is 0. The minimum Gasteiger partial charge on any atom is -0.392 e. The van der Waals surface area contributed by atoms with Gasteiger partial charge in [-0.25, -0.2) is 0 Å². The average molecular weight is 250 g/mol. The molecule has 2 atom stereocenters. The molecule has 3 rings (SSSR count). The first-order valence-corrected chi connectivity index (χ1v) is 7.23. The minimum absolute atomic E-state index is 0.184. The molecule has 0 amide bonds. The van der Waals surface area contributed by atoms with E-state index >= 15 is 0 Å². The molecule has 0 spiro atoms. The molecule has 0 aromatic heterocycles. The van der Waals surface area contributed by atoms with Crippen molar-refractivity contribution in [1.82, 2.24) is 0 Å². The van der Waals surface area contributed by atoms with E-state index in [1.807, 2.05) is 11.8 Å². The number of hydrogen-bond donors (Lipinski definition) is 1. The fourth-order valence-corrected chi connectivity index (χ4v) is 4.17. The van der Waals surface area contributed by atoms with Gasteiger partial charge in [0.15, 0.2) is 0 Å². The smallest absolute Gasteiger partial charge is 0.0695 e. The molecule has 1 aromatic carbocycles. The van der Waals surface area contributed by atoms with Crippen LogP contribution in [0.15, 0.2) is 29.2 Å². The maximum Gasteiger partial charge on any atom is 0.0695 e. The Kier molecular flexibility index (Phi) is 3.41. The predicted octanol–water partition coefficient (Wildman–Crippen LogP) is 2.49. The molecule has 0 saturated carbocycles. The van der Waals surface area contributed by atoms with E-state index in [9.17, 15) is 5.11 Å². The van der Waals surface area contributed by atoms with Crippen LogP contribution >= 0.6 is 11.8 Å². The Morgan fingerprint density at radius 2 is 2.00 bits per heavy atom. The first-order valence-electron chi connectivity index (χ1n) is 6.35. The number of aliphatic hydroxyl groups excluding tert-OH is 1. The highest BCUT2D eigenvalue weighted by molar-refractivity contribution is 8.00. The Balaban J connectivity index is 1.67.